The zero-order valence-corrected chi connectivity index (χ0v) is 11.3. The lowest BCUT2D eigenvalue weighted by atomic mass is 9.76. The number of hydrogen-bond donors (Lipinski definition) is 1. The number of carboxylic acids is 1. The molecule has 0 aromatic heterocycles. The van der Waals surface area contributed by atoms with Gasteiger partial charge < -0.3 is 10.0 Å². The lowest BCUT2D eigenvalue weighted by Gasteiger charge is -2.47. The van der Waals surface area contributed by atoms with Gasteiger partial charge in [0.2, 0.25) is 0 Å². The van der Waals surface area contributed by atoms with Crippen molar-refractivity contribution in [1.29, 1.82) is 0 Å². The Morgan fingerprint density at radius 1 is 1.28 bits per heavy atom. The van der Waals surface area contributed by atoms with E-state index in [0.29, 0.717) is 5.41 Å². The highest BCUT2D eigenvalue weighted by Crippen LogP contribution is 2.36. The quantitative estimate of drug-likeness (QED) is 0.893. The Hall–Kier alpha value is -1.51. The molecule has 18 heavy (non-hydrogen) atoms. The Balaban J connectivity index is 1.94. The molecule has 0 saturated carbocycles. The van der Waals surface area contributed by atoms with E-state index in [0.717, 1.165) is 24.6 Å². The second kappa shape index (κ2) is 4.63. The summed E-state index contributed by atoms with van der Waals surface area (Å²) >= 11 is 0. The van der Waals surface area contributed by atoms with E-state index < -0.39 is 5.97 Å². The summed E-state index contributed by atoms with van der Waals surface area (Å²) in [4.78, 5) is 12.9. The van der Waals surface area contributed by atoms with E-state index in [-0.39, 0.29) is 6.42 Å². The highest BCUT2D eigenvalue weighted by atomic mass is 16.4. The van der Waals surface area contributed by atoms with Gasteiger partial charge in [0.05, 0.1) is 6.42 Å². The van der Waals surface area contributed by atoms with Gasteiger partial charge in [-0.25, -0.2) is 0 Å². The molecule has 1 aliphatic rings. The summed E-state index contributed by atoms with van der Waals surface area (Å²) in [6, 6.07) is 7.87. The van der Waals surface area contributed by atoms with Crippen LogP contribution in [0, 0.1) is 11.3 Å². The maximum Gasteiger partial charge on any atom is 0.307 e. The number of nitrogens with zero attached hydrogens (tertiary/aromatic N) is 1. The van der Waals surface area contributed by atoms with E-state index >= 15 is 0 Å². The van der Waals surface area contributed by atoms with Crippen molar-refractivity contribution in [1.82, 2.24) is 0 Å². The average Bonchev–Trinajstić information content (AvgIpc) is 2.15. The number of carbonyl (C=O) groups is 1. The lowest BCUT2D eigenvalue weighted by Crippen LogP contribution is -2.52. The van der Waals surface area contributed by atoms with Crippen LogP contribution in [0.3, 0.4) is 0 Å². The van der Waals surface area contributed by atoms with E-state index in [1.807, 2.05) is 24.3 Å². The third kappa shape index (κ3) is 2.84. The highest BCUT2D eigenvalue weighted by Gasteiger charge is 2.35. The standard InChI is InChI=1S/C15H21NO2/c1-15(2,3)12-9-16(10-12)13-6-4-11(5-7-13)8-14(17)18/h4-7,12H,8-10H2,1-3H3,(H,17,18). The fourth-order valence-electron chi connectivity index (χ4n) is 2.24. The Labute approximate surface area is 108 Å². The van der Waals surface area contributed by atoms with Gasteiger partial charge in [0.25, 0.3) is 0 Å². The summed E-state index contributed by atoms with van der Waals surface area (Å²) in [5.41, 5.74) is 2.43. The van der Waals surface area contributed by atoms with Gasteiger partial charge >= 0.3 is 5.97 Å². The van der Waals surface area contributed by atoms with Gasteiger partial charge in [-0.15, -0.1) is 0 Å². The van der Waals surface area contributed by atoms with E-state index in [4.69, 9.17) is 5.11 Å². The fraction of sp³-hybridized carbons (Fsp3) is 0.533. The molecule has 3 nitrogen and oxygen atoms in total. The second-order valence-corrected chi connectivity index (χ2v) is 6.20. The third-order valence-electron chi connectivity index (χ3n) is 3.76. The van der Waals surface area contributed by atoms with Crippen LogP contribution in [0.15, 0.2) is 24.3 Å². The zero-order valence-electron chi connectivity index (χ0n) is 11.3. The summed E-state index contributed by atoms with van der Waals surface area (Å²) < 4.78 is 0. The average molecular weight is 247 g/mol. The number of carboxylic acid groups (broad SMARTS) is 1. The molecule has 1 N–H and O–H groups in total. The number of anilines is 1. The molecule has 1 saturated heterocycles. The van der Waals surface area contributed by atoms with Crippen molar-refractivity contribution in [2.45, 2.75) is 27.2 Å². The first-order valence-corrected chi connectivity index (χ1v) is 6.42. The summed E-state index contributed by atoms with van der Waals surface area (Å²) in [5, 5.41) is 8.72. The molecule has 1 aliphatic heterocycles. The molecular formula is C15H21NO2. The number of rotatable bonds is 3. The first-order chi connectivity index (χ1) is 8.36. The van der Waals surface area contributed by atoms with Gasteiger partial charge in [0, 0.05) is 18.8 Å². The van der Waals surface area contributed by atoms with Crippen LogP contribution in [0.2, 0.25) is 0 Å². The first-order valence-electron chi connectivity index (χ1n) is 6.42. The van der Waals surface area contributed by atoms with Crippen molar-refractivity contribution in [2.24, 2.45) is 11.3 Å². The van der Waals surface area contributed by atoms with E-state index in [1.165, 1.54) is 5.69 Å². The molecule has 1 aromatic carbocycles. The van der Waals surface area contributed by atoms with Gasteiger partial charge in [-0.05, 0) is 29.0 Å². The number of hydrogen-bond acceptors (Lipinski definition) is 2. The maximum atomic E-state index is 10.6. The molecule has 98 valence electrons. The molecule has 0 bridgehead atoms. The number of benzene rings is 1. The molecule has 3 heteroatoms. The normalized spacial score (nSPS) is 16.5. The molecule has 0 unspecified atom stereocenters. The van der Waals surface area contributed by atoms with Gasteiger partial charge in [-0.2, -0.15) is 0 Å². The van der Waals surface area contributed by atoms with Crippen LogP contribution in [-0.2, 0) is 11.2 Å². The summed E-state index contributed by atoms with van der Waals surface area (Å²) in [6.45, 7) is 9.05. The minimum absolute atomic E-state index is 0.102. The molecule has 0 amide bonds. The van der Waals surface area contributed by atoms with Crippen LogP contribution >= 0.6 is 0 Å². The van der Waals surface area contributed by atoms with Crippen LogP contribution in [0.4, 0.5) is 5.69 Å². The zero-order chi connectivity index (χ0) is 13.3. The minimum atomic E-state index is -0.778. The van der Waals surface area contributed by atoms with Gasteiger partial charge in [-0.3, -0.25) is 4.79 Å². The smallest absolute Gasteiger partial charge is 0.307 e. The molecular weight excluding hydrogens is 226 g/mol. The lowest BCUT2D eigenvalue weighted by molar-refractivity contribution is -0.136. The third-order valence-corrected chi connectivity index (χ3v) is 3.76. The molecule has 1 aromatic rings. The topological polar surface area (TPSA) is 40.5 Å². The SMILES string of the molecule is CC(C)(C)C1CN(c2ccc(CC(=O)O)cc2)C1. The molecule has 1 heterocycles. The van der Waals surface area contributed by atoms with Crippen molar-refractivity contribution in [2.75, 3.05) is 18.0 Å². The van der Waals surface area contributed by atoms with Crippen molar-refractivity contribution in [3.8, 4) is 0 Å². The highest BCUT2D eigenvalue weighted by molar-refractivity contribution is 5.70. The van der Waals surface area contributed by atoms with E-state index in [9.17, 15) is 4.79 Å². The van der Waals surface area contributed by atoms with Crippen molar-refractivity contribution >= 4 is 11.7 Å². The Kier molecular flexibility index (Phi) is 3.33. The minimum Gasteiger partial charge on any atom is -0.481 e. The van der Waals surface area contributed by atoms with Crippen molar-refractivity contribution < 1.29 is 9.90 Å². The Morgan fingerprint density at radius 2 is 1.83 bits per heavy atom. The van der Waals surface area contributed by atoms with Gasteiger partial charge in [0.15, 0.2) is 0 Å². The maximum absolute atomic E-state index is 10.6. The molecule has 0 aliphatic carbocycles. The second-order valence-electron chi connectivity index (χ2n) is 6.20. The van der Waals surface area contributed by atoms with Crippen LogP contribution in [0.25, 0.3) is 0 Å². The van der Waals surface area contributed by atoms with Gasteiger partial charge in [0.1, 0.15) is 0 Å². The molecule has 1 fully saturated rings. The molecule has 0 spiro atoms. The van der Waals surface area contributed by atoms with E-state index in [2.05, 4.69) is 25.7 Å². The Bertz CT molecular complexity index is 425. The Morgan fingerprint density at radius 3 is 2.28 bits per heavy atom. The summed E-state index contributed by atoms with van der Waals surface area (Å²) in [7, 11) is 0. The van der Waals surface area contributed by atoms with Crippen LogP contribution in [0.5, 0.6) is 0 Å². The molecule has 2 rings (SSSR count). The molecule has 0 radical (unpaired) electrons. The predicted molar refractivity (Wildman–Crippen MR) is 72.9 cm³/mol. The van der Waals surface area contributed by atoms with Crippen LogP contribution < -0.4 is 4.90 Å². The number of aliphatic carboxylic acids is 1. The monoisotopic (exact) mass is 247 g/mol. The van der Waals surface area contributed by atoms with Gasteiger partial charge in [-0.1, -0.05) is 32.9 Å². The predicted octanol–water partition coefficient (Wildman–Crippen LogP) is 2.80. The van der Waals surface area contributed by atoms with Crippen molar-refractivity contribution in [3.05, 3.63) is 29.8 Å². The summed E-state index contributed by atoms with van der Waals surface area (Å²) in [6.07, 6.45) is 0.102. The summed E-state index contributed by atoms with van der Waals surface area (Å²) in [5.74, 6) is -0.0318. The largest absolute Gasteiger partial charge is 0.481 e. The molecule has 0 atom stereocenters. The van der Waals surface area contributed by atoms with Crippen molar-refractivity contribution in [3.63, 3.8) is 0 Å². The van der Waals surface area contributed by atoms with Crippen LogP contribution in [0.1, 0.15) is 26.3 Å². The van der Waals surface area contributed by atoms with Crippen LogP contribution in [-0.4, -0.2) is 24.2 Å². The van der Waals surface area contributed by atoms with E-state index in [1.54, 1.807) is 0 Å². The first kappa shape index (κ1) is 12.9. The fourth-order valence-corrected chi connectivity index (χ4v) is 2.24.